The molecule has 1 aliphatic rings. The molecule has 5 nitrogen and oxygen atoms in total. The number of ether oxygens (including phenoxy) is 1. The van der Waals surface area contributed by atoms with Gasteiger partial charge in [-0.15, -0.1) is 0 Å². The third kappa shape index (κ3) is 2.77. The van der Waals surface area contributed by atoms with Crippen LogP contribution < -0.4 is 10.1 Å². The van der Waals surface area contributed by atoms with Crippen LogP contribution in [0, 0.1) is 0 Å². The summed E-state index contributed by atoms with van der Waals surface area (Å²) in [4.78, 5) is 16.5. The lowest BCUT2D eigenvalue weighted by Crippen LogP contribution is -2.30. The number of aromatic nitrogens is 1. The molecule has 1 unspecified atom stereocenters. The van der Waals surface area contributed by atoms with Crippen LogP contribution in [0.25, 0.3) is 0 Å². The Hall–Kier alpha value is -2.11. The Balaban J connectivity index is 1.72. The standard InChI is InChI=1S/C16H15ClN2O3/c17-14-5-1-3-10(8-20)12(14)7-19-15(21)13-9-22-16-11(13)4-2-6-18-16/h1-6,13,20H,7-9H2,(H,19,21). The molecule has 2 heterocycles. The van der Waals surface area contributed by atoms with Crippen LogP contribution in [0.15, 0.2) is 36.5 Å². The van der Waals surface area contributed by atoms with Gasteiger partial charge in [-0.2, -0.15) is 0 Å². The number of aliphatic hydroxyl groups excluding tert-OH is 1. The van der Waals surface area contributed by atoms with Crippen LogP contribution >= 0.6 is 11.6 Å². The Morgan fingerprint density at radius 3 is 3.09 bits per heavy atom. The minimum absolute atomic E-state index is 0.120. The second-order valence-corrected chi connectivity index (χ2v) is 5.42. The van der Waals surface area contributed by atoms with Crippen molar-refractivity contribution in [1.82, 2.24) is 10.3 Å². The molecule has 0 radical (unpaired) electrons. The Labute approximate surface area is 132 Å². The van der Waals surface area contributed by atoms with Crippen molar-refractivity contribution in [2.45, 2.75) is 19.1 Å². The lowest BCUT2D eigenvalue weighted by Gasteiger charge is -2.13. The van der Waals surface area contributed by atoms with E-state index in [1.165, 1.54) is 0 Å². The van der Waals surface area contributed by atoms with Crippen molar-refractivity contribution in [3.63, 3.8) is 0 Å². The van der Waals surface area contributed by atoms with Gasteiger partial charge in [0, 0.05) is 23.3 Å². The van der Waals surface area contributed by atoms with E-state index in [2.05, 4.69) is 10.3 Å². The lowest BCUT2D eigenvalue weighted by molar-refractivity contribution is -0.122. The number of fused-ring (bicyclic) bond motifs is 1. The number of hydrogen-bond donors (Lipinski definition) is 2. The molecule has 22 heavy (non-hydrogen) atoms. The van der Waals surface area contributed by atoms with Gasteiger partial charge in [0.05, 0.1) is 6.61 Å². The molecule has 1 amide bonds. The summed E-state index contributed by atoms with van der Waals surface area (Å²) in [7, 11) is 0. The first kappa shape index (κ1) is 14.8. The molecule has 0 bridgehead atoms. The molecule has 2 N–H and O–H groups in total. The number of rotatable bonds is 4. The number of nitrogens with one attached hydrogen (secondary N) is 1. The van der Waals surface area contributed by atoms with E-state index < -0.39 is 0 Å². The number of benzene rings is 1. The van der Waals surface area contributed by atoms with E-state index in [9.17, 15) is 9.90 Å². The van der Waals surface area contributed by atoms with Crippen molar-refractivity contribution in [3.8, 4) is 5.88 Å². The van der Waals surface area contributed by atoms with Crippen LogP contribution in [-0.4, -0.2) is 22.6 Å². The van der Waals surface area contributed by atoms with Crippen molar-refractivity contribution < 1.29 is 14.6 Å². The van der Waals surface area contributed by atoms with E-state index in [1.807, 2.05) is 6.07 Å². The van der Waals surface area contributed by atoms with Gasteiger partial charge in [-0.1, -0.05) is 29.8 Å². The van der Waals surface area contributed by atoms with Crippen LogP contribution in [-0.2, 0) is 17.9 Å². The van der Waals surface area contributed by atoms with Crippen molar-refractivity contribution in [2.24, 2.45) is 0 Å². The third-order valence-corrected chi connectivity index (χ3v) is 4.06. The van der Waals surface area contributed by atoms with Gasteiger partial charge in [0.2, 0.25) is 11.8 Å². The second kappa shape index (κ2) is 6.34. The fraction of sp³-hybridized carbons (Fsp3) is 0.250. The van der Waals surface area contributed by atoms with Crippen LogP contribution in [0.4, 0.5) is 0 Å². The van der Waals surface area contributed by atoms with Crippen LogP contribution in [0.1, 0.15) is 22.6 Å². The molecule has 0 saturated carbocycles. The molecule has 1 aliphatic heterocycles. The van der Waals surface area contributed by atoms with Gasteiger partial charge in [0.25, 0.3) is 0 Å². The molecule has 0 fully saturated rings. The largest absolute Gasteiger partial charge is 0.476 e. The second-order valence-electron chi connectivity index (χ2n) is 5.01. The van der Waals surface area contributed by atoms with Gasteiger partial charge < -0.3 is 15.2 Å². The first-order chi connectivity index (χ1) is 10.7. The van der Waals surface area contributed by atoms with Gasteiger partial charge in [-0.3, -0.25) is 4.79 Å². The zero-order chi connectivity index (χ0) is 15.5. The minimum atomic E-state index is -0.372. The SMILES string of the molecule is O=C(NCc1c(Cl)cccc1CO)C1COc2ncccc21. The van der Waals surface area contributed by atoms with Crippen LogP contribution in [0.2, 0.25) is 5.02 Å². The first-order valence-electron chi connectivity index (χ1n) is 6.93. The normalized spacial score (nSPS) is 16.0. The number of halogens is 1. The highest BCUT2D eigenvalue weighted by molar-refractivity contribution is 6.31. The van der Waals surface area contributed by atoms with E-state index in [1.54, 1.807) is 30.5 Å². The average Bonchev–Trinajstić information content (AvgIpc) is 2.97. The van der Waals surface area contributed by atoms with E-state index in [0.29, 0.717) is 16.5 Å². The summed E-state index contributed by atoms with van der Waals surface area (Å²) in [6.45, 7) is 0.430. The van der Waals surface area contributed by atoms with E-state index in [0.717, 1.165) is 11.1 Å². The van der Waals surface area contributed by atoms with Crippen LogP contribution in [0.3, 0.4) is 0 Å². The van der Waals surface area contributed by atoms with Gasteiger partial charge in [-0.05, 0) is 23.3 Å². The molecule has 1 aromatic heterocycles. The summed E-state index contributed by atoms with van der Waals surface area (Å²) in [5, 5.41) is 12.7. The Morgan fingerprint density at radius 2 is 2.27 bits per heavy atom. The molecular formula is C16H15ClN2O3. The summed E-state index contributed by atoms with van der Waals surface area (Å²) in [6.07, 6.45) is 1.64. The first-order valence-corrected chi connectivity index (χ1v) is 7.31. The average molecular weight is 319 g/mol. The maximum Gasteiger partial charge on any atom is 0.231 e. The van der Waals surface area contributed by atoms with E-state index in [-0.39, 0.29) is 31.6 Å². The van der Waals surface area contributed by atoms with Crippen molar-refractivity contribution in [1.29, 1.82) is 0 Å². The van der Waals surface area contributed by atoms with Crippen molar-refractivity contribution >= 4 is 17.5 Å². The molecule has 0 spiro atoms. The van der Waals surface area contributed by atoms with Crippen molar-refractivity contribution in [3.05, 3.63) is 58.2 Å². The fourth-order valence-electron chi connectivity index (χ4n) is 2.51. The zero-order valence-electron chi connectivity index (χ0n) is 11.8. The summed E-state index contributed by atoms with van der Waals surface area (Å²) >= 11 is 6.14. The van der Waals surface area contributed by atoms with Crippen molar-refractivity contribution in [2.75, 3.05) is 6.61 Å². The fourth-order valence-corrected chi connectivity index (χ4v) is 2.77. The number of pyridine rings is 1. The molecule has 3 rings (SSSR count). The van der Waals surface area contributed by atoms with E-state index in [4.69, 9.17) is 16.3 Å². The minimum Gasteiger partial charge on any atom is -0.476 e. The summed E-state index contributed by atoms with van der Waals surface area (Å²) < 4.78 is 5.41. The van der Waals surface area contributed by atoms with Crippen LogP contribution in [0.5, 0.6) is 5.88 Å². The van der Waals surface area contributed by atoms with Gasteiger partial charge in [-0.25, -0.2) is 4.98 Å². The quantitative estimate of drug-likeness (QED) is 0.904. The third-order valence-electron chi connectivity index (χ3n) is 3.70. The Kier molecular flexibility index (Phi) is 4.27. The van der Waals surface area contributed by atoms with Gasteiger partial charge >= 0.3 is 0 Å². The number of amides is 1. The summed E-state index contributed by atoms with van der Waals surface area (Å²) in [6, 6.07) is 8.91. The molecule has 0 saturated heterocycles. The summed E-state index contributed by atoms with van der Waals surface area (Å²) in [5.74, 6) is -0.00392. The highest BCUT2D eigenvalue weighted by Gasteiger charge is 2.31. The molecule has 2 aromatic rings. The highest BCUT2D eigenvalue weighted by Crippen LogP contribution is 2.31. The maximum absolute atomic E-state index is 12.4. The monoisotopic (exact) mass is 318 g/mol. The molecule has 6 heteroatoms. The van der Waals surface area contributed by atoms with E-state index >= 15 is 0 Å². The number of carbonyl (C=O) groups excluding carboxylic acids is 1. The smallest absolute Gasteiger partial charge is 0.231 e. The Morgan fingerprint density at radius 1 is 1.41 bits per heavy atom. The molecular weight excluding hydrogens is 304 g/mol. The number of nitrogens with zero attached hydrogens (tertiary/aromatic N) is 1. The highest BCUT2D eigenvalue weighted by atomic mass is 35.5. The number of carbonyl (C=O) groups is 1. The molecule has 1 atom stereocenters. The summed E-state index contributed by atoms with van der Waals surface area (Å²) in [5.41, 5.74) is 2.23. The molecule has 0 aliphatic carbocycles. The number of hydrogen-bond acceptors (Lipinski definition) is 4. The van der Waals surface area contributed by atoms with Gasteiger partial charge in [0.1, 0.15) is 12.5 Å². The topological polar surface area (TPSA) is 71.5 Å². The lowest BCUT2D eigenvalue weighted by atomic mass is 10.0. The van der Waals surface area contributed by atoms with Gasteiger partial charge in [0.15, 0.2) is 0 Å². The predicted octanol–water partition coefficient (Wildman–Crippen LogP) is 2.02. The maximum atomic E-state index is 12.4. The Bertz CT molecular complexity index is 706. The predicted molar refractivity (Wildman–Crippen MR) is 81.7 cm³/mol. The zero-order valence-corrected chi connectivity index (χ0v) is 12.5. The molecule has 114 valence electrons. The molecule has 1 aromatic carbocycles. The number of aliphatic hydroxyl groups is 1.